The van der Waals surface area contributed by atoms with Crippen molar-refractivity contribution in [1.29, 1.82) is 0 Å². The summed E-state index contributed by atoms with van der Waals surface area (Å²) in [6.07, 6.45) is 0. The fourth-order valence-corrected chi connectivity index (χ4v) is 7.94. The average Bonchev–Trinajstić information content (AvgIpc) is 3.32. The van der Waals surface area contributed by atoms with Crippen LogP contribution in [-0.2, 0) is 0 Å². The van der Waals surface area contributed by atoms with Crippen molar-refractivity contribution in [1.82, 2.24) is 9.97 Å². The zero-order chi connectivity index (χ0) is 38.7. The van der Waals surface area contributed by atoms with Gasteiger partial charge in [-0.3, -0.25) is 0 Å². The molecular formula is C56H38N2. The minimum atomic E-state index is 0.943. The number of fused-ring (bicyclic) bond motifs is 1. The standard InChI is InChI=1S/C56H38N2/c1-5-17-40(18-6-1)49-25-13-15-27-51(49)55-37-47(35-53(57-55)42-21-9-3-10-22-42)44-31-29-39-30-32-45(34-46(39)33-44)48-36-54(43-23-11-4-12-24-43)58-56(38-48)52-28-16-14-26-50(52)41-19-7-2-8-20-41/h1-38H. The van der Waals surface area contributed by atoms with Crippen molar-refractivity contribution >= 4 is 10.8 Å². The average molecular weight is 739 g/mol. The fourth-order valence-electron chi connectivity index (χ4n) is 7.94. The summed E-state index contributed by atoms with van der Waals surface area (Å²) in [5.74, 6) is 0. The van der Waals surface area contributed by atoms with E-state index in [1.165, 1.54) is 21.9 Å². The molecule has 2 aromatic heterocycles. The number of nitrogens with zero attached hydrogens (tertiary/aromatic N) is 2. The molecule has 2 nitrogen and oxygen atoms in total. The van der Waals surface area contributed by atoms with Gasteiger partial charge in [-0.15, -0.1) is 0 Å². The van der Waals surface area contributed by atoms with Gasteiger partial charge in [-0.05, 0) is 91.7 Å². The van der Waals surface area contributed by atoms with Gasteiger partial charge in [0.05, 0.1) is 22.8 Å². The van der Waals surface area contributed by atoms with E-state index in [1.54, 1.807) is 0 Å². The first-order chi connectivity index (χ1) is 28.7. The van der Waals surface area contributed by atoms with Gasteiger partial charge >= 0.3 is 0 Å². The molecule has 0 spiro atoms. The van der Waals surface area contributed by atoms with Gasteiger partial charge in [-0.25, -0.2) is 9.97 Å². The highest BCUT2D eigenvalue weighted by Crippen LogP contribution is 2.39. The summed E-state index contributed by atoms with van der Waals surface area (Å²) in [7, 11) is 0. The molecule has 0 aliphatic rings. The smallest absolute Gasteiger partial charge is 0.0721 e. The fraction of sp³-hybridized carbons (Fsp3) is 0. The van der Waals surface area contributed by atoms with Crippen LogP contribution in [-0.4, -0.2) is 9.97 Å². The first kappa shape index (κ1) is 34.8. The molecule has 0 amide bonds. The molecule has 58 heavy (non-hydrogen) atoms. The predicted molar refractivity (Wildman–Crippen MR) is 243 cm³/mol. The van der Waals surface area contributed by atoms with Crippen molar-refractivity contribution < 1.29 is 0 Å². The third-order valence-electron chi connectivity index (χ3n) is 10.9. The number of hydrogen-bond donors (Lipinski definition) is 0. The van der Waals surface area contributed by atoms with Crippen LogP contribution in [0.25, 0.3) is 100 Å². The van der Waals surface area contributed by atoms with Crippen molar-refractivity contribution in [3.05, 3.63) is 231 Å². The zero-order valence-electron chi connectivity index (χ0n) is 31.8. The Labute approximate surface area is 339 Å². The number of aromatic nitrogens is 2. The maximum Gasteiger partial charge on any atom is 0.0721 e. The lowest BCUT2D eigenvalue weighted by Crippen LogP contribution is -1.94. The molecule has 0 bridgehead atoms. The molecule has 0 saturated heterocycles. The SMILES string of the molecule is c1ccc(-c2cc(-c3ccc4ccc(-c5cc(-c6ccccc6)nc(-c6ccccc6-c6ccccc6)c5)cc4c3)cc(-c3ccccc3-c3ccccc3)n2)cc1. The van der Waals surface area contributed by atoms with Gasteiger partial charge in [-0.2, -0.15) is 0 Å². The van der Waals surface area contributed by atoms with E-state index < -0.39 is 0 Å². The number of pyridine rings is 2. The number of hydrogen-bond acceptors (Lipinski definition) is 2. The van der Waals surface area contributed by atoms with Crippen LogP contribution < -0.4 is 0 Å². The van der Waals surface area contributed by atoms with Gasteiger partial charge in [0, 0.05) is 22.3 Å². The van der Waals surface area contributed by atoms with E-state index in [9.17, 15) is 0 Å². The highest BCUT2D eigenvalue weighted by Gasteiger charge is 2.16. The Hall–Kier alpha value is -7.68. The number of rotatable bonds is 8. The molecule has 0 unspecified atom stereocenters. The van der Waals surface area contributed by atoms with E-state index in [1.807, 2.05) is 0 Å². The normalized spacial score (nSPS) is 11.1. The molecule has 10 aromatic rings. The lowest BCUT2D eigenvalue weighted by Gasteiger charge is -2.15. The van der Waals surface area contributed by atoms with Gasteiger partial charge in [0.2, 0.25) is 0 Å². The minimum Gasteiger partial charge on any atom is -0.248 e. The second-order valence-electron chi connectivity index (χ2n) is 14.6. The molecule has 10 rings (SSSR count). The predicted octanol–water partition coefficient (Wildman–Crippen LogP) is 15.0. The Balaban J connectivity index is 1.11. The second kappa shape index (κ2) is 15.5. The summed E-state index contributed by atoms with van der Waals surface area (Å²) in [4.78, 5) is 10.6. The van der Waals surface area contributed by atoms with Crippen LogP contribution in [0, 0.1) is 0 Å². The monoisotopic (exact) mass is 738 g/mol. The van der Waals surface area contributed by atoms with Crippen molar-refractivity contribution in [3.63, 3.8) is 0 Å². The Morgan fingerprint density at radius 3 is 0.914 bits per heavy atom. The molecule has 0 fully saturated rings. The summed E-state index contributed by atoms with van der Waals surface area (Å²) in [5, 5.41) is 2.36. The summed E-state index contributed by atoms with van der Waals surface area (Å²) >= 11 is 0. The molecule has 0 N–H and O–H groups in total. The van der Waals surface area contributed by atoms with E-state index in [4.69, 9.17) is 9.97 Å². The molecule has 2 heteroatoms. The minimum absolute atomic E-state index is 0.943. The summed E-state index contributed by atoms with van der Waals surface area (Å²) in [6, 6.07) is 81.7. The highest BCUT2D eigenvalue weighted by atomic mass is 14.7. The Morgan fingerprint density at radius 2 is 0.517 bits per heavy atom. The van der Waals surface area contributed by atoms with E-state index in [0.29, 0.717) is 0 Å². The molecule has 0 aliphatic carbocycles. The largest absolute Gasteiger partial charge is 0.248 e. The summed E-state index contributed by atoms with van der Waals surface area (Å²) < 4.78 is 0. The molecule has 0 atom stereocenters. The van der Waals surface area contributed by atoms with Crippen LogP contribution >= 0.6 is 0 Å². The molecule has 0 saturated carbocycles. The molecule has 0 aliphatic heterocycles. The molecule has 2 heterocycles. The van der Waals surface area contributed by atoms with Crippen molar-refractivity contribution in [3.8, 4) is 89.5 Å². The lowest BCUT2D eigenvalue weighted by atomic mass is 9.93. The third kappa shape index (κ3) is 7.00. The summed E-state index contributed by atoms with van der Waals surface area (Å²) in [5.41, 5.74) is 17.3. The maximum atomic E-state index is 5.29. The van der Waals surface area contributed by atoms with Gasteiger partial charge in [-0.1, -0.05) is 194 Å². The highest BCUT2D eigenvalue weighted by molar-refractivity contribution is 5.94. The topological polar surface area (TPSA) is 25.8 Å². The number of benzene rings is 8. The van der Waals surface area contributed by atoms with Crippen molar-refractivity contribution in [2.45, 2.75) is 0 Å². The second-order valence-corrected chi connectivity index (χ2v) is 14.6. The van der Waals surface area contributed by atoms with Crippen LogP contribution in [0.4, 0.5) is 0 Å². The van der Waals surface area contributed by atoms with Gasteiger partial charge in [0.25, 0.3) is 0 Å². The van der Waals surface area contributed by atoms with E-state index >= 15 is 0 Å². The lowest BCUT2D eigenvalue weighted by molar-refractivity contribution is 1.32. The van der Waals surface area contributed by atoms with E-state index in [2.05, 4.69) is 231 Å². The van der Waals surface area contributed by atoms with Gasteiger partial charge in [0.15, 0.2) is 0 Å². The van der Waals surface area contributed by atoms with Crippen molar-refractivity contribution in [2.24, 2.45) is 0 Å². The van der Waals surface area contributed by atoms with Gasteiger partial charge in [0.1, 0.15) is 0 Å². The maximum absolute atomic E-state index is 5.29. The first-order valence-electron chi connectivity index (χ1n) is 19.7. The Morgan fingerprint density at radius 1 is 0.190 bits per heavy atom. The van der Waals surface area contributed by atoms with E-state index in [0.717, 1.165) is 78.4 Å². The molecule has 272 valence electrons. The quantitative estimate of drug-likeness (QED) is 0.155. The van der Waals surface area contributed by atoms with Crippen LogP contribution in [0.2, 0.25) is 0 Å². The van der Waals surface area contributed by atoms with Crippen LogP contribution in [0.3, 0.4) is 0 Å². The molecule has 0 radical (unpaired) electrons. The van der Waals surface area contributed by atoms with Gasteiger partial charge < -0.3 is 0 Å². The van der Waals surface area contributed by atoms with Crippen LogP contribution in [0.5, 0.6) is 0 Å². The van der Waals surface area contributed by atoms with Crippen LogP contribution in [0.15, 0.2) is 231 Å². The Kier molecular flexibility index (Phi) is 9.27. The van der Waals surface area contributed by atoms with Crippen molar-refractivity contribution in [2.75, 3.05) is 0 Å². The first-order valence-corrected chi connectivity index (χ1v) is 19.7. The van der Waals surface area contributed by atoms with Crippen LogP contribution in [0.1, 0.15) is 0 Å². The molecular weight excluding hydrogens is 701 g/mol. The summed E-state index contributed by atoms with van der Waals surface area (Å²) in [6.45, 7) is 0. The van der Waals surface area contributed by atoms with E-state index in [-0.39, 0.29) is 0 Å². The molecule has 8 aromatic carbocycles. The third-order valence-corrected chi connectivity index (χ3v) is 10.9. The zero-order valence-corrected chi connectivity index (χ0v) is 31.8. The Bertz CT molecular complexity index is 2820.